The Bertz CT molecular complexity index is 399. The molecule has 3 amide bonds. The van der Waals surface area contributed by atoms with Crippen LogP contribution in [0.5, 0.6) is 0 Å². The Morgan fingerprint density at radius 2 is 2.19 bits per heavy atom. The molecule has 0 spiro atoms. The second kappa shape index (κ2) is 7.82. The van der Waals surface area contributed by atoms with Gasteiger partial charge in [-0.15, -0.1) is 0 Å². The van der Waals surface area contributed by atoms with Crippen LogP contribution in [-0.2, 0) is 14.3 Å². The SMILES string of the molecule is CC(C)OCCN(C)C(=O)N1CCNC(=O)C1CC(=O)O. The van der Waals surface area contributed by atoms with Crippen LogP contribution >= 0.6 is 0 Å². The first kappa shape index (κ1) is 17.2. The number of carboxylic acids is 1. The van der Waals surface area contributed by atoms with Crippen LogP contribution in [0.2, 0.25) is 0 Å². The molecular weight excluding hydrogens is 278 g/mol. The minimum absolute atomic E-state index is 0.0778. The van der Waals surface area contributed by atoms with Crippen molar-refractivity contribution in [3.05, 3.63) is 0 Å². The number of ether oxygens (including phenoxy) is 1. The number of piperazine rings is 1. The van der Waals surface area contributed by atoms with E-state index in [4.69, 9.17) is 9.84 Å². The number of carbonyl (C=O) groups is 3. The summed E-state index contributed by atoms with van der Waals surface area (Å²) in [4.78, 5) is 37.7. The Kier molecular flexibility index (Phi) is 6.41. The molecule has 1 unspecified atom stereocenters. The highest BCUT2D eigenvalue weighted by Gasteiger charge is 2.35. The monoisotopic (exact) mass is 301 g/mol. The van der Waals surface area contributed by atoms with Gasteiger partial charge in [0.05, 0.1) is 19.1 Å². The van der Waals surface area contributed by atoms with Crippen molar-refractivity contribution >= 4 is 17.9 Å². The van der Waals surface area contributed by atoms with Crippen molar-refractivity contribution in [3.63, 3.8) is 0 Å². The Labute approximate surface area is 124 Å². The van der Waals surface area contributed by atoms with Gasteiger partial charge >= 0.3 is 12.0 Å². The summed E-state index contributed by atoms with van der Waals surface area (Å²) in [6.07, 6.45) is -0.317. The smallest absolute Gasteiger partial charge is 0.320 e. The second-order valence-electron chi connectivity index (χ2n) is 5.22. The normalized spacial score (nSPS) is 18.6. The van der Waals surface area contributed by atoms with Crippen LogP contribution in [0.4, 0.5) is 4.79 Å². The highest BCUT2D eigenvalue weighted by Crippen LogP contribution is 2.11. The standard InChI is InChI=1S/C13H23N3O5/c1-9(2)21-7-6-15(3)13(20)16-5-4-14-12(19)10(16)8-11(17)18/h9-10H,4-8H2,1-3H3,(H,14,19)(H,17,18). The zero-order chi connectivity index (χ0) is 16.0. The quantitative estimate of drug-likeness (QED) is 0.704. The highest BCUT2D eigenvalue weighted by molar-refractivity contribution is 5.91. The number of amides is 3. The summed E-state index contributed by atoms with van der Waals surface area (Å²) >= 11 is 0. The molecule has 8 nitrogen and oxygen atoms in total. The van der Waals surface area contributed by atoms with Gasteiger partial charge in [0.25, 0.3) is 0 Å². The maximum atomic E-state index is 12.3. The lowest BCUT2D eigenvalue weighted by Crippen LogP contribution is -2.60. The summed E-state index contributed by atoms with van der Waals surface area (Å²) in [7, 11) is 1.61. The summed E-state index contributed by atoms with van der Waals surface area (Å²) in [6, 6.07) is -1.32. The lowest BCUT2D eigenvalue weighted by Gasteiger charge is -2.36. The average molecular weight is 301 g/mol. The number of nitrogens with one attached hydrogen (secondary N) is 1. The van der Waals surface area contributed by atoms with E-state index in [-0.39, 0.29) is 12.1 Å². The van der Waals surface area contributed by atoms with Gasteiger partial charge in [0.2, 0.25) is 5.91 Å². The predicted molar refractivity (Wildman–Crippen MR) is 74.9 cm³/mol. The van der Waals surface area contributed by atoms with Crippen molar-refractivity contribution in [2.24, 2.45) is 0 Å². The van der Waals surface area contributed by atoms with Gasteiger partial charge in [-0.3, -0.25) is 9.59 Å². The van der Waals surface area contributed by atoms with Crippen molar-refractivity contribution < 1.29 is 24.2 Å². The lowest BCUT2D eigenvalue weighted by molar-refractivity contribution is -0.142. The number of rotatable bonds is 6. The average Bonchev–Trinajstić information content (AvgIpc) is 2.39. The number of likely N-dealkylation sites (N-methyl/N-ethyl adjacent to an activating group) is 1. The first-order valence-corrected chi connectivity index (χ1v) is 6.95. The Morgan fingerprint density at radius 3 is 2.76 bits per heavy atom. The van der Waals surface area contributed by atoms with Gasteiger partial charge in [0.15, 0.2) is 0 Å². The van der Waals surface area contributed by atoms with E-state index in [0.29, 0.717) is 26.2 Å². The third-order valence-electron chi connectivity index (χ3n) is 3.15. The molecule has 1 aliphatic heterocycles. The van der Waals surface area contributed by atoms with Gasteiger partial charge in [-0.05, 0) is 13.8 Å². The third-order valence-corrected chi connectivity index (χ3v) is 3.15. The van der Waals surface area contributed by atoms with E-state index >= 15 is 0 Å². The number of nitrogens with zero attached hydrogens (tertiary/aromatic N) is 2. The van der Waals surface area contributed by atoms with E-state index in [9.17, 15) is 14.4 Å². The van der Waals surface area contributed by atoms with Crippen LogP contribution in [0.15, 0.2) is 0 Å². The minimum atomic E-state index is -1.11. The molecule has 1 saturated heterocycles. The molecule has 0 aromatic rings. The van der Waals surface area contributed by atoms with Crippen LogP contribution in [-0.4, -0.2) is 78.2 Å². The van der Waals surface area contributed by atoms with E-state index in [1.54, 1.807) is 7.05 Å². The van der Waals surface area contributed by atoms with Crippen LogP contribution in [0.25, 0.3) is 0 Å². The molecule has 2 N–H and O–H groups in total. The first-order valence-electron chi connectivity index (χ1n) is 6.95. The zero-order valence-electron chi connectivity index (χ0n) is 12.7. The van der Waals surface area contributed by atoms with E-state index in [1.165, 1.54) is 9.80 Å². The minimum Gasteiger partial charge on any atom is -0.481 e. The summed E-state index contributed by atoms with van der Waals surface area (Å²) in [5.41, 5.74) is 0. The number of urea groups is 1. The van der Waals surface area contributed by atoms with Gasteiger partial charge in [0.1, 0.15) is 6.04 Å². The molecule has 1 atom stereocenters. The van der Waals surface area contributed by atoms with Crippen molar-refractivity contribution in [1.82, 2.24) is 15.1 Å². The Balaban J connectivity index is 2.63. The van der Waals surface area contributed by atoms with E-state index in [2.05, 4.69) is 5.32 Å². The molecular formula is C13H23N3O5. The number of carbonyl (C=O) groups excluding carboxylic acids is 2. The van der Waals surface area contributed by atoms with Gasteiger partial charge in [-0.25, -0.2) is 4.79 Å². The second-order valence-corrected chi connectivity index (χ2v) is 5.22. The molecule has 0 radical (unpaired) electrons. The number of hydrogen-bond donors (Lipinski definition) is 2. The summed E-state index contributed by atoms with van der Waals surface area (Å²) in [6.45, 7) is 5.22. The summed E-state index contributed by atoms with van der Waals surface area (Å²) in [5, 5.41) is 11.5. The molecule has 0 aromatic heterocycles. The molecule has 8 heteroatoms. The third kappa shape index (κ3) is 5.22. The summed E-state index contributed by atoms with van der Waals surface area (Å²) < 4.78 is 5.38. The molecule has 0 aromatic carbocycles. The molecule has 0 saturated carbocycles. The van der Waals surface area contributed by atoms with Crippen molar-refractivity contribution in [1.29, 1.82) is 0 Å². The van der Waals surface area contributed by atoms with Crippen molar-refractivity contribution in [2.75, 3.05) is 33.3 Å². The highest BCUT2D eigenvalue weighted by atomic mass is 16.5. The van der Waals surface area contributed by atoms with Gasteiger partial charge < -0.3 is 25.0 Å². The van der Waals surface area contributed by atoms with Crippen molar-refractivity contribution in [2.45, 2.75) is 32.4 Å². The fourth-order valence-electron chi connectivity index (χ4n) is 2.05. The zero-order valence-corrected chi connectivity index (χ0v) is 12.7. The van der Waals surface area contributed by atoms with Gasteiger partial charge in [-0.2, -0.15) is 0 Å². The molecule has 1 aliphatic rings. The molecule has 1 fully saturated rings. The number of hydrogen-bond acceptors (Lipinski definition) is 4. The molecule has 1 rings (SSSR count). The molecule has 0 aliphatic carbocycles. The Hall–Kier alpha value is -1.83. The fraction of sp³-hybridized carbons (Fsp3) is 0.769. The van der Waals surface area contributed by atoms with Crippen LogP contribution in [0.3, 0.4) is 0 Å². The predicted octanol–water partition coefficient (Wildman–Crippen LogP) is -0.262. The van der Waals surface area contributed by atoms with Crippen LogP contribution in [0, 0.1) is 0 Å². The van der Waals surface area contributed by atoms with Crippen molar-refractivity contribution in [3.8, 4) is 0 Å². The molecule has 0 bridgehead atoms. The molecule has 1 heterocycles. The van der Waals surface area contributed by atoms with Gasteiger partial charge in [-0.1, -0.05) is 0 Å². The Morgan fingerprint density at radius 1 is 1.52 bits per heavy atom. The lowest BCUT2D eigenvalue weighted by atomic mass is 10.1. The van der Waals surface area contributed by atoms with E-state index in [0.717, 1.165) is 0 Å². The first-order chi connectivity index (χ1) is 9.82. The molecule has 120 valence electrons. The maximum absolute atomic E-state index is 12.3. The van der Waals surface area contributed by atoms with E-state index in [1.807, 2.05) is 13.8 Å². The number of aliphatic carboxylic acids is 1. The van der Waals surface area contributed by atoms with Gasteiger partial charge in [0, 0.05) is 26.7 Å². The van der Waals surface area contributed by atoms with Crippen LogP contribution in [0.1, 0.15) is 20.3 Å². The fourth-order valence-corrected chi connectivity index (χ4v) is 2.05. The summed E-state index contributed by atoms with van der Waals surface area (Å²) in [5.74, 6) is -1.54. The number of carboxylic acid groups (broad SMARTS) is 1. The largest absolute Gasteiger partial charge is 0.481 e. The maximum Gasteiger partial charge on any atom is 0.320 e. The topological polar surface area (TPSA) is 99.2 Å². The van der Waals surface area contributed by atoms with E-state index < -0.39 is 24.3 Å². The van der Waals surface area contributed by atoms with Crippen LogP contribution < -0.4 is 5.32 Å². The molecule has 21 heavy (non-hydrogen) atoms.